The summed E-state index contributed by atoms with van der Waals surface area (Å²) in [5, 5.41) is 33.5. The number of nitrogens with zero attached hydrogens (tertiary/aromatic N) is 8. The molecule has 9 rings (SSSR count). The minimum absolute atomic E-state index is 0.00994. The van der Waals surface area contributed by atoms with Gasteiger partial charge in [0.15, 0.2) is 5.82 Å². The number of piperazine rings is 1. The number of ether oxygens (including phenoxy) is 4. The average molecular weight is 1220 g/mol. The maximum atomic E-state index is 17.0. The molecule has 4 N–H and O–H groups in total. The van der Waals surface area contributed by atoms with Crippen molar-refractivity contribution in [3.63, 3.8) is 0 Å². The first-order valence-corrected chi connectivity index (χ1v) is 30.1. The van der Waals surface area contributed by atoms with Crippen LogP contribution in [0.5, 0.6) is 5.75 Å². The van der Waals surface area contributed by atoms with Crippen LogP contribution in [0.1, 0.15) is 68.3 Å². The molecule has 0 bridgehead atoms. The monoisotopic (exact) mass is 1220 g/mol. The summed E-state index contributed by atoms with van der Waals surface area (Å²) in [6.45, 7) is 13.5. The zero-order valence-electron chi connectivity index (χ0n) is 49.2. The largest absolute Gasteiger partial charge is 0.508 e. The third-order valence-corrected chi connectivity index (χ3v) is 16.7. The van der Waals surface area contributed by atoms with Gasteiger partial charge in [0.1, 0.15) is 34.8 Å². The zero-order valence-corrected chi connectivity index (χ0v) is 50.8. The Labute approximate surface area is 507 Å². The maximum Gasteiger partial charge on any atom is 0.243 e. The number of halogens is 2. The zero-order chi connectivity index (χ0) is 61.0. The van der Waals surface area contributed by atoms with Gasteiger partial charge < -0.3 is 63.9 Å². The molecular weight excluding hydrogens is 1150 g/mol. The summed E-state index contributed by atoms with van der Waals surface area (Å²) < 4.78 is 45.8. The van der Waals surface area contributed by atoms with Crippen LogP contribution in [-0.2, 0) is 38.1 Å². The predicted molar refractivity (Wildman–Crippen MR) is 326 cm³/mol. The van der Waals surface area contributed by atoms with Crippen molar-refractivity contribution in [3.05, 3.63) is 112 Å². The summed E-state index contributed by atoms with van der Waals surface area (Å²) >= 11 is 8.44. The number of benzene rings is 4. The van der Waals surface area contributed by atoms with Gasteiger partial charge in [-0.1, -0.05) is 79.1 Å². The molecule has 21 nitrogen and oxygen atoms in total. The number of aromatic nitrogens is 4. The molecule has 458 valence electrons. The summed E-state index contributed by atoms with van der Waals surface area (Å²) in [6.07, 6.45) is -0.708. The second-order valence-electron chi connectivity index (χ2n) is 21.9. The third kappa shape index (κ3) is 15.4. The summed E-state index contributed by atoms with van der Waals surface area (Å²) in [7, 11) is 1.68. The molecule has 2 saturated heterocycles. The molecule has 4 aromatic carbocycles. The second-order valence-corrected chi connectivity index (χ2v) is 23.1. The molecule has 5 heterocycles. The Morgan fingerprint density at radius 2 is 1.59 bits per heavy atom. The predicted octanol–water partition coefficient (Wildman–Crippen LogP) is 7.93. The number of fused-ring (bicyclic) bond motifs is 2. The molecule has 4 amide bonds. The Hall–Kier alpha value is -7.38. The number of likely N-dealkylation sites (tertiary alicyclic amines) is 1. The number of carbonyl (C=O) groups is 4. The van der Waals surface area contributed by atoms with Crippen LogP contribution in [0, 0.1) is 25.6 Å². The van der Waals surface area contributed by atoms with E-state index in [0.29, 0.717) is 98.1 Å². The standard InChI is InChI=1S/C62H74ClFN10O11S/c1-37(2)54(52-29-38(3)70-85-52)61(80)74-34-45(77)32-51(74)60(79)67-50(41-11-13-42(14-12-41)58-39(4)66-36-86-58)35-84-28-27-83-26-25-82-24-23-81-22-21-71(6)53(78)15-16-65-62-68-57-48(59(69-62)73-19-17-72(18-20-73)40(5)75)33-49(63)55(56(57)64)47-31-44(76)30-43-9-7-8-10-46(43)47/h7-14,29-31,33,36-37,45,50-51,54,76-77H,15-28,32,34-35H2,1-6H3,(H,67,79)(H,65,68,69)/t45-,50+,51+,54-/m1/s1. The summed E-state index contributed by atoms with van der Waals surface area (Å²) in [5.41, 5.74) is 5.66. The topological polar surface area (TPSA) is 247 Å². The fourth-order valence-corrected chi connectivity index (χ4v) is 11.9. The van der Waals surface area contributed by atoms with Gasteiger partial charge in [-0.25, -0.2) is 14.4 Å². The number of β-amino-alcohol motifs (C(OH)–C–C–N with tert-alkyl or cyclic N) is 1. The van der Waals surface area contributed by atoms with Crippen molar-refractivity contribution in [1.29, 1.82) is 0 Å². The van der Waals surface area contributed by atoms with Crippen molar-refractivity contribution in [2.24, 2.45) is 5.92 Å². The number of hydrogen-bond acceptors (Lipinski definition) is 18. The van der Waals surface area contributed by atoms with E-state index in [-0.39, 0.29) is 104 Å². The highest BCUT2D eigenvalue weighted by molar-refractivity contribution is 7.13. The van der Waals surface area contributed by atoms with Gasteiger partial charge in [0.25, 0.3) is 0 Å². The molecule has 24 heteroatoms. The normalized spacial score (nSPS) is 16.1. The van der Waals surface area contributed by atoms with Gasteiger partial charge in [-0.2, -0.15) is 4.98 Å². The van der Waals surface area contributed by atoms with Gasteiger partial charge in [0, 0.05) is 89.6 Å². The number of likely N-dealkylation sites (N-methyl/N-ethyl adjacent to an activating group) is 1. The number of aliphatic hydroxyl groups excluding tert-OH is 1. The van der Waals surface area contributed by atoms with Gasteiger partial charge in [0.05, 0.1) is 91.8 Å². The molecule has 2 fully saturated rings. The van der Waals surface area contributed by atoms with E-state index in [2.05, 4.69) is 25.8 Å². The number of rotatable bonds is 27. The highest BCUT2D eigenvalue weighted by Crippen LogP contribution is 2.43. The molecule has 2 aliphatic heterocycles. The molecule has 0 unspecified atom stereocenters. The van der Waals surface area contributed by atoms with Crippen molar-refractivity contribution in [1.82, 2.24) is 40.1 Å². The maximum absolute atomic E-state index is 17.0. The lowest BCUT2D eigenvalue weighted by Gasteiger charge is -2.35. The molecule has 0 saturated carbocycles. The van der Waals surface area contributed by atoms with Crippen LogP contribution < -0.4 is 15.5 Å². The first kappa shape index (κ1) is 63.1. The Morgan fingerprint density at radius 1 is 0.895 bits per heavy atom. The van der Waals surface area contributed by atoms with Gasteiger partial charge in [0.2, 0.25) is 29.6 Å². The number of aryl methyl sites for hydroxylation is 2. The molecule has 0 radical (unpaired) electrons. The van der Waals surface area contributed by atoms with Crippen molar-refractivity contribution < 1.29 is 57.3 Å². The molecule has 3 aromatic heterocycles. The number of thiazole rings is 1. The van der Waals surface area contributed by atoms with Crippen LogP contribution in [0.25, 0.3) is 43.2 Å². The van der Waals surface area contributed by atoms with Crippen molar-refractivity contribution in [3.8, 4) is 27.3 Å². The number of aromatic hydroxyl groups is 1. The molecule has 2 aliphatic rings. The van der Waals surface area contributed by atoms with Crippen molar-refractivity contribution >= 4 is 80.0 Å². The highest BCUT2D eigenvalue weighted by atomic mass is 35.5. The number of phenols is 1. The Balaban J connectivity index is 0.704. The number of carbonyl (C=O) groups excluding carboxylic acids is 4. The van der Waals surface area contributed by atoms with E-state index in [1.165, 1.54) is 17.9 Å². The van der Waals surface area contributed by atoms with Crippen molar-refractivity contribution in [2.75, 3.05) is 116 Å². The molecular formula is C62H74ClFN10O11S. The van der Waals surface area contributed by atoms with Crippen LogP contribution in [0.4, 0.5) is 16.2 Å². The first-order chi connectivity index (χ1) is 41.4. The lowest BCUT2D eigenvalue weighted by molar-refractivity contribution is -0.141. The lowest BCUT2D eigenvalue weighted by atomic mass is 9.91. The Morgan fingerprint density at radius 3 is 2.26 bits per heavy atom. The molecule has 86 heavy (non-hydrogen) atoms. The Bertz CT molecular complexity index is 3490. The van der Waals surface area contributed by atoms with E-state index in [4.69, 9.17) is 40.1 Å². The quantitative estimate of drug-likeness (QED) is 0.0357. The minimum Gasteiger partial charge on any atom is -0.508 e. The molecule has 0 spiro atoms. The van der Waals surface area contributed by atoms with Gasteiger partial charge in [-0.15, -0.1) is 11.3 Å². The molecule has 7 aromatic rings. The summed E-state index contributed by atoms with van der Waals surface area (Å²) in [6, 6.07) is 20.1. The van der Waals surface area contributed by atoms with E-state index in [9.17, 15) is 29.4 Å². The minimum atomic E-state index is -0.915. The third-order valence-electron chi connectivity index (χ3n) is 15.4. The van der Waals surface area contributed by atoms with E-state index >= 15 is 4.39 Å². The highest BCUT2D eigenvalue weighted by Gasteiger charge is 2.44. The fourth-order valence-electron chi connectivity index (χ4n) is 10.8. The Kier molecular flexibility index (Phi) is 21.5. The van der Waals surface area contributed by atoms with Gasteiger partial charge in [-0.05, 0) is 65.4 Å². The number of phenolic OH excluding ortho intramolecular Hbond substituents is 1. The van der Waals surface area contributed by atoms with E-state index in [1.54, 1.807) is 58.8 Å². The van der Waals surface area contributed by atoms with Gasteiger partial charge >= 0.3 is 0 Å². The molecule has 4 atom stereocenters. The van der Waals surface area contributed by atoms with E-state index in [1.807, 2.05) is 74.2 Å². The van der Waals surface area contributed by atoms with Gasteiger partial charge in [-0.3, -0.25) is 19.2 Å². The van der Waals surface area contributed by atoms with Crippen LogP contribution >= 0.6 is 22.9 Å². The number of hydrogen-bond donors (Lipinski definition) is 4. The van der Waals surface area contributed by atoms with Crippen LogP contribution in [0.3, 0.4) is 0 Å². The van der Waals surface area contributed by atoms with Crippen LogP contribution in [0.15, 0.2) is 82.8 Å². The van der Waals surface area contributed by atoms with E-state index in [0.717, 1.165) is 21.7 Å². The smallest absolute Gasteiger partial charge is 0.243 e. The first-order valence-electron chi connectivity index (χ1n) is 28.9. The summed E-state index contributed by atoms with van der Waals surface area (Å²) in [5.74, 6) is -1.52. The number of anilines is 2. The van der Waals surface area contributed by atoms with Crippen LogP contribution in [-0.4, -0.2) is 187 Å². The number of aliphatic hydroxyl groups is 1. The molecule has 0 aliphatic carbocycles. The van der Waals surface area contributed by atoms with Crippen LogP contribution in [0.2, 0.25) is 5.02 Å². The second kappa shape index (κ2) is 29.3. The average Bonchev–Trinajstić information content (AvgIpc) is 1.27. The van der Waals surface area contributed by atoms with E-state index < -0.39 is 35.8 Å². The number of amides is 4. The SMILES string of the molecule is CC(=O)N1CCN(c2nc(NCCC(=O)N(C)CCOCCOCCOCCOC[C@H](NC(=O)[C@@H]3C[C@@H](O)CN3C(=O)[C@@H](c3cc(C)no3)C(C)C)c3ccc(-c4scnc4C)cc3)nc3c(F)c(-c4cc(O)cc5ccccc45)c(Cl)cc23)CC1. The lowest BCUT2D eigenvalue weighted by Crippen LogP contribution is -2.49. The fraction of sp³-hybridized carbons (Fsp3) is 0.452. The number of nitrogens with one attached hydrogen (secondary N) is 2. The summed E-state index contributed by atoms with van der Waals surface area (Å²) in [4.78, 5) is 75.2. The van der Waals surface area contributed by atoms with Crippen molar-refractivity contribution in [2.45, 2.75) is 71.6 Å².